The van der Waals surface area contributed by atoms with Gasteiger partial charge in [0.05, 0.1) is 18.9 Å². The number of hydrogen-bond acceptors (Lipinski definition) is 4. The van der Waals surface area contributed by atoms with Crippen LogP contribution < -0.4 is 0 Å². The molecule has 0 radical (unpaired) electrons. The summed E-state index contributed by atoms with van der Waals surface area (Å²) in [6, 6.07) is 0. The first-order valence-electron chi connectivity index (χ1n) is 5.34. The predicted octanol–water partition coefficient (Wildman–Crippen LogP) is 2.05. The fourth-order valence-electron chi connectivity index (χ4n) is 2.58. The Morgan fingerprint density at radius 1 is 1.47 bits per heavy atom. The van der Waals surface area contributed by atoms with Crippen LogP contribution in [-0.4, -0.2) is 25.2 Å². The monoisotopic (exact) mass is 278 g/mol. The Kier molecular flexibility index (Phi) is 3.64. The molecule has 17 heavy (non-hydrogen) atoms. The second kappa shape index (κ2) is 4.86. The number of rotatable bonds is 2. The van der Waals surface area contributed by atoms with Gasteiger partial charge in [0.25, 0.3) is 0 Å². The Labute approximate surface area is 109 Å². The topological polar surface area (TPSA) is 52.6 Å². The minimum absolute atomic E-state index is 0.119. The molecule has 94 valence electrons. The van der Waals surface area contributed by atoms with Crippen LogP contribution in [0.2, 0.25) is 0 Å². The van der Waals surface area contributed by atoms with Gasteiger partial charge in [-0.3, -0.25) is 9.59 Å². The van der Waals surface area contributed by atoms with Crippen LogP contribution >= 0.6 is 23.2 Å². The minimum Gasteiger partial charge on any atom is -0.469 e. The average molecular weight is 279 g/mol. The summed E-state index contributed by atoms with van der Waals surface area (Å²) < 4.78 is 10.0. The van der Waals surface area contributed by atoms with Crippen LogP contribution in [0.3, 0.4) is 0 Å². The molecule has 4 atom stereocenters. The van der Waals surface area contributed by atoms with E-state index in [4.69, 9.17) is 32.7 Å². The molecule has 0 aromatic carbocycles. The number of carbonyl (C=O) groups excluding carboxylic acids is 2. The lowest BCUT2D eigenvalue weighted by Gasteiger charge is -2.28. The van der Waals surface area contributed by atoms with E-state index in [0.717, 1.165) is 0 Å². The van der Waals surface area contributed by atoms with E-state index in [0.29, 0.717) is 12.8 Å². The summed E-state index contributed by atoms with van der Waals surface area (Å²) >= 11 is 11.2. The van der Waals surface area contributed by atoms with Crippen molar-refractivity contribution in [2.24, 2.45) is 17.8 Å². The van der Waals surface area contributed by atoms with E-state index in [1.165, 1.54) is 7.11 Å². The van der Waals surface area contributed by atoms with Crippen molar-refractivity contribution in [1.29, 1.82) is 0 Å². The quantitative estimate of drug-likeness (QED) is 0.726. The maximum Gasteiger partial charge on any atom is 0.310 e. The zero-order valence-corrected chi connectivity index (χ0v) is 10.7. The summed E-state index contributed by atoms with van der Waals surface area (Å²) in [5, 5.41) is 0. The third-order valence-corrected chi connectivity index (χ3v) is 3.64. The first-order chi connectivity index (χ1) is 8.02. The van der Waals surface area contributed by atoms with E-state index in [9.17, 15) is 9.59 Å². The highest BCUT2D eigenvalue weighted by Gasteiger charge is 2.51. The molecule has 1 saturated carbocycles. The summed E-state index contributed by atoms with van der Waals surface area (Å²) in [7, 11) is 1.31. The minimum atomic E-state index is -0.458. The van der Waals surface area contributed by atoms with Gasteiger partial charge in [0.15, 0.2) is 0 Å². The van der Waals surface area contributed by atoms with E-state index in [1.54, 1.807) is 6.08 Å². The maximum atomic E-state index is 11.6. The number of ether oxygens (including phenoxy) is 2. The molecule has 0 spiro atoms. The van der Waals surface area contributed by atoms with Crippen LogP contribution in [0.4, 0.5) is 0 Å². The van der Waals surface area contributed by atoms with Crippen LogP contribution in [0.15, 0.2) is 10.6 Å². The fourth-order valence-corrected chi connectivity index (χ4v) is 2.90. The van der Waals surface area contributed by atoms with Crippen LogP contribution in [0.5, 0.6) is 0 Å². The van der Waals surface area contributed by atoms with E-state index < -0.39 is 5.92 Å². The Balaban J connectivity index is 2.22. The summed E-state index contributed by atoms with van der Waals surface area (Å²) in [6.45, 7) is 0. The van der Waals surface area contributed by atoms with Crippen LogP contribution in [-0.2, 0) is 19.1 Å². The lowest BCUT2D eigenvalue weighted by Crippen LogP contribution is -2.34. The first-order valence-corrected chi connectivity index (χ1v) is 6.09. The molecule has 6 heteroatoms. The number of methoxy groups -OCH3 is 1. The van der Waals surface area contributed by atoms with Crippen molar-refractivity contribution in [1.82, 2.24) is 0 Å². The number of carbonyl (C=O) groups is 2. The molecule has 1 aliphatic heterocycles. The van der Waals surface area contributed by atoms with Gasteiger partial charge < -0.3 is 9.47 Å². The van der Waals surface area contributed by atoms with Gasteiger partial charge in [-0.2, -0.15) is 0 Å². The first kappa shape index (κ1) is 12.7. The largest absolute Gasteiger partial charge is 0.469 e. The molecule has 4 nitrogen and oxygen atoms in total. The zero-order valence-electron chi connectivity index (χ0n) is 9.19. The van der Waals surface area contributed by atoms with E-state index >= 15 is 0 Å². The smallest absolute Gasteiger partial charge is 0.310 e. The second-order valence-electron chi connectivity index (χ2n) is 4.30. The predicted molar refractivity (Wildman–Crippen MR) is 61.4 cm³/mol. The lowest BCUT2D eigenvalue weighted by atomic mass is 9.74. The van der Waals surface area contributed by atoms with Crippen molar-refractivity contribution in [2.75, 3.05) is 7.11 Å². The molecule has 0 aromatic rings. The number of halogens is 2. The molecule has 2 rings (SSSR count). The highest BCUT2D eigenvalue weighted by Crippen LogP contribution is 2.43. The molecule has 2 aliphatic rings. The lowest BCUT2D eigenvalue weighted by molar-refractivity contribution is -0.153. The van der Waals surface area contributed by atoms with Gasteiger partial charge in [0.2, 0.25) is 0 Å². The van der Waals surface area contributed by atoms with Gasteiger partial charge in [-0.15, -0.1) is 0 Å². The third-order valence-electron chi connectivity index (χ3n) is 3.39. The molecular weight excluding hydrogens is 267 g/mol. The zero-order chi connectivity index (χ0) is 12.6. The molecule has 1 aliphatic carbocycles. The molecule has 0 unspecified atom stereocenters. The summed E-state index contributed by atoms with van der Waals surface area (Å²) in [6.07, 6.45) is 2.41. The standard InChI is InChI=1S/C11H12Cl2O4/c1-16-10(14)6-2-5(3-9(12)13)8-4-7(6)11(15)17-8/h3,5-8H,2,4H2,1H3/t5-,6+,7-,8+/m1/s1. The molecule has 1 heterocycles. The van der Waals surface area contributed by atoms with Crippen LogP contribution in [0.25, 0.3) is 0 Å². The van der Waals surface area contributed by atoms with Crippen molar-refractivity contribution in [3.8, 4) is 0 Å². The van der Waals surface area contributed by atoms with Crippen LogP contribution in [0.1, 0.15) is 12.8 Å². The molecule has 0 amide bonds. The summed E-state index contributed by atoms with van der Waals surface area (Å²) in [4.78, 5) is 23.2. The van der Waals surface area contributed by atoms with Gasteiger partial charge in [0, 0.05) is 5.92 Å². The highest BCUT2D eigenvalue weighted by atomic mass is 35.5. The van der Waals surface area contributed by atoms with Gasteiger partial charge >= 0.3 is 11.9 Å². The molecule has 2 fully saturated rings. The molecule has 1 saturated heterocycles. The second-order valence-corrected chi connectivity index (χ2v) is 5.31. The van der Waals surface area contributed by atoms with Crippen molar-refractivity contribution >= 4 is 35.1 Å². The Morgan fingerprint density at radius 3 is 2.76 bits per heavy atom. The van der Waals surface area contributed by atoms with Crippen molar-refractivity contribution in [3.05, 3.63) is 10.6 Å². The molecule has 0 aromatic heterocycles. The van der Waals surface area contributed by atoms with Crippen molar-refractivity contribution in [2.45, 2.75) is 18.9 Å². The van der Waals surface area contributed by atoms with Gasteiger partial charge in [-0.05, 0) is 18.9 Å². The summed E-state index contributed by atoms with van der Waals surface area (Å²) in [5.74, 6) is -1.67. The molecule has 2 bridgehead atoms. The maximum absolute atomic E-state index is 11.6. The third kappa shape index (κ3) is 2.43. The average Bonchev–Trinajstić information content (AvgIpc) is 2.60. The SMILES string of the molecule is COC(=O)[C@H]1C[C@H](C=C(Cl)Cl)[C@@H]2C[C@H]1C(=O)O2. The number of hydrogen-bond donors (Lipinski definition) is 0. The molecular formula is C11H12Cl2O4. The van der Waals surface area contributed by atoms with Gasteiger partial charge in [-0.25, -0.2) is 0 Å². The van der Waals surface area contributed by atoms with Crippen molar-refractivity contribution in [3.63, 3.8) is 0 Å². The van der Waals surface area contributed by atoms with Gasteiger partial charge in [-0.1, -0.05) is 23.2 Å². The Hall–Kier alpha value is -0.740. The van der Waals surface area contributed by atoms with Crippen LogP contribution in [0, 0.1) is 17.8 Å². The highest BCUT2D eigenvalue weighted by molar-refractivity contribution is 6.55. The van der Waals surface area contributed by atoms with Crippen molar-refractivity contribution < 1.29 is 19.1 Å². The number of esters is 2. The van der Waals surface area contributed by atoms with Gasteiger partial charge in [0.1, 0.15) is 10.6 Å². The Bertz CT molecular complexity index is 376. The summed E-state index contributed by atoms with van der Waals surface area (Å²) in [5.41, 5.74) is 0. The van der Waals surface area contributed by atoms with E-state index in [1.807, 2.05) is 0 Å². The normalized spacial score (nSPS) is 35.1. The molecule has 0 N–H and O–H groups in total. The van der Waals surface area contributed by atoms with E-state index in [-0.39, 0.29) is 34.4 Å². The Morgan fingerprint density at radius 2 is 2.18 bits per heavy atom. The fraction of sp³-hybridized carbons (Fsp3) is 0.636. The van der Waals surface area contributed by atoms with E-state index in [2.05, 4.69) is 0 Å². The number of fused-ring (bicyclic) bond motifs is 2.